The summed E-state index contributed by atoms with van der Waals surface area (Å²) in [5.41, 5.74) is 3.41. The van der Waals surface area contributed by atoms with E-state index in [0.29, 0.717) is 11.6 Å². The predicted octanol–water partition coefficient (Wildman–Crippen LogP) is 7.53. The molecule has 0 aliphatic rings. The van der Waals surface area contributed by atoms with Gasteiger partial charge < -0.3 is 5.32 Å². The number of benzene rings is 3. The van der Waals surface area contributed by atoms with Crippen molar-refractivity contribution in [3.63, 3.8) is 0 Å². The highest BCUT2D eigenvalue weighted by molar-refractivity contribution is 6.05. The third-order valence-corrected chi connectivity index (χ3v) is 5.27. The van der Waals surface area contributed by atoms with Crippen LogP contribution in [0, 0.1) is 0 Å². The number of nitrogens with one attached hydrogen (secondary N) is 1. The van der Waals surface area contributed by atoms with Crippen LogP contribution >= 0.6 is 0 Å². The molecule has 1 N–H and O–H groups in total. The number of anilines is 1. The molecule has 0 bridgehead atoms. The molecule has 3 nitrogen and oxygen atoms in total. The van der Waals surface area contributed by atoms with E-state index in [9.17, 15) is 18.0 Å². The van der Waals surface area contributed by atoms with Crippen molar-refractivity contribution < 1.29 is 18.0 Å². The summed E-state index contributed by atoms with van der Waals surface area (Å²) in [5.74, 6) is 0.305. The summed E-state index contributed by atoms with van der Waals surface area (Å²) in [4.78, 5) is 13.0. The van der Waals surface area contributed by atoms with Gasteiger partial charge in [-0.25, -0.2) is 4.79 Å². The first-order valence-corrected chi connectivity index (χ1v) is 9.93. The van der Waals surface area contributed by atoms with Crippen LogP contribution in [0.25, 0.3) is 22.0 Å². The van der Waals surface area contributed by atoms with Crippen molar-refractivity contribution >= 4 is 22.6 Å². The van der Waals surface area contributed by atoms with Crippen LogP contribution in [0.4, 0.5) is 23.7 Å². The van der Waals surface area contributed by atoms with Crippen LogP contribution in [-0.2, 0) is 6.18 Å². The Labute approximate surface area is 178 Å². The van der Waals surface area contributed by atoms with Gasteiger partial charge in [0.2, 0.25) is 0 Å². The van der Waals surface area contributed by atoms with Crippen LogP contribution in [-0.4, -0.2) is 10.6 Å². The van der Waals surface area contributed by atoms with Crippen LogP contribution in [0.3, 0.4) is 0 Å². The van der Waals surface area contributed by atoms with Gasteiger partial charge in [-0.1, -0.05) is 56.3 Å². The number of fused-ring (bicyclic) bond motifs is 1. The number of nitrogens with zero attached hydrogens (tertiary/aromatic N) is 1. The first-order chi connectivity index (χ1) is 14.8. The average molecular weight is 422 g/mol. The largest absolute Gasteiger partial charge is 0.416 e. The summed E-state index contributed by atoms with van der Waals surface area (Å²) in [7, 11) is 0. The highest BCUT2D eigenvalue weighted by atomic mass is 19.4. The van der Waals surface area contributed by atoms with Gasteiger partial charge in [0, 0.05) is 22.8 Å². The molecule has 0 aliphatic heterocycles. The molecule has 1 aromatic heterocycles. The summed E-state index contributed by atoms with van der Waals surface area (Å²) in [6.07, 6.45) is -2.64. The normalized spacial score (nSPS) is 11.8. The molecule has 0 aliphatic carbocycles. The third kappa shape index (κ3) is 4.06. The molecular formula is C25H21F3N2O. The van der Waals surface area contributed by atoms with Gasteiger partial charge in [0.25, 0.3) is 0 Å². The molecule has 1 heterocycles. The Morgan fingerprint density at radius 3 is 2.19 bits per heavy atom. The number of carbonyl (C=O) groups excluding carboxylic acids is 1. The van der Waals surface area contributed by atoms with E-state index in [2.05, 4.69) is 25.2 Å². The van der Waals surface area contributed by atoms with Crippen molar-refractivity contribution in [1.82, 2.24) is 4.57 Å². The van der Waals surface area contributed by atoms with E-state index in [1.807, 2.05) is 42.5 Å². The summed E-state index contributed by atoms with van der Waals surface area (Å²) < 4.78 is 39.8. The molecular weight excluding hydrogens is 401 g/mol. The number of amides is 1. The maximum Gasteiger partial charge on any atom is 0.416 e. The number of halogens is 3. The van der Waals surface area contributed by atoms with Crippen molar-refractivity contribution in [2.45, 2.75) is 25.9 Å². The minimum absolute atomic E-state index is 0.292. The maximum atomic E-state index is 13.0. The number of hydrogen-bond donors (Lipinski definition) is 1. The standard InChI is InChI=1S/C25H21F3N2O/c1-16(2)19-7-3-4-8-20(19)22-15-30(23-10-6-5-9-21(22)23)24(31)29-18-13-11-17(12-14-18)25(26,27)28/h3-16H,1-2H3,(H,29,31). The SMILES string of the molecule is CC(C)c1ccccc1-c1cn(C(=O)Nc2ccc(C(F)(F)F)cc2)c2ccccc12. The average Bonchev–Trinajstić information content (AvgIpc) is 3.13. The van der Waals surface area contributed by atoms with Gasteiger partial charge in [0.05, 0.1) is 11.1 Å². The molecule has 158 valence electrons. The molecule has 4 aromatic rings. The lowest BCUT2D eigenvalue weighted by molar-refractivity contribution is -0.137. The first kappa shape index (κ1) is 20.7. The molecule has 1 amide bonds. The second-order valence-electron chi connectivity index (χ2n) is 7.68. The molecule has 0 unspecified atom stereocenters. The second kappa shape index (κ2) is 7.95. The van der Waals surface area contributed by atoms with Crippen LogP contribution in [0.5, 0.6) is 0 Å². The molecule has 4 rings (SSSR count). The van der Waals surface area contributed by atoms with Gasteiger partial charge in [-0.3, -0.25) is 4.57 Å². The summed E-state index contributed by atoms with van der Waals surface area (Å²) in [5, 5.41) is 3.62. The number of hydrogen-bond acceptors (Lipinski definition) is 1. The number of para-hydroxylation sites is 1. The topological polar surface area (TPSA) is 34.0 Å². The van der Waals surface area contributed by atoms with Crippen molar-refractivity contribution in [3.05, 3.63) is 90.1 Å². The minimum atomic E-state index is -4.42. The van der Waals surface area contributed by atoms with Gasteiger partial charge in [0.15, 0.2) is 0 Å². The number of carbonyl (C=O) groups is 1. The van der Waals surface area contributed by atoms with E-state index >= 15 is 0 Å². The fraction of sp³-hybridized carbons (Fsp3) is 0.160. The zero-order valence-corrected chi connectivity index (χ0v) is 17.1. The van der Waals surface area contributed by atoms with Gasteiger partial charge in [-0.15, -0.1) is 0 Å². The van der Waals surface area contributed by atoms with Gasteiger partial charge in [-0.05, 0) is 47.4 Å². The van der Waals surface area contributed by atoms with Crippen LogP contribution < -0.4 is 5.32 Å². The molecule has 0 atom stereocenters. The Morgan fingerprint density at radius 1 is 0.871 bits per heavy atom. The molecule has 0 spiro atoms. The lowest BCUT2D eigenvalue weighted by atomic mass is 9.92. The fourth-order valence-corrected chi connectivity index (χ4v) is 3.73. The lowest BCUT2D eigenvalue weighted by Gasteiger charge is -2.12. The molecule has 0 saturated carbocycles. The summed E-state index contributed by atoms with van der Waals surface area (Å²) in [6.45, 7) is 4.24. The summed E-state index contributed by atoms with van der Waals surface area (Å²) in [6, 6.07) is 19.6. The second-order valence-corrected chi connectivity index (χ2v) is 7.68. The zero-order valence-electron chi connectivity index (χ0n) is 17.1. The predicted molar refractivity (Wildman–Crippen MR) is 117 cm³/mol. The van der Waals surface area contributed by atoms with Crippen molar-refractivity contribution in [3.8, 4) is 11.1 Å². The molecule has 3 aromatic carbocycles. The smallest absolute Gasteiger partial charge is 0.307 e. The highest BCUT2D eigenvalue weighted by Crippen LogP contribution is 2.35. The van der Waals surface area contributed by atoms with E-state index in [4.69, 9.17) is 0 Å². The van der Waals surface area contributed by atoms with E-state index in [0.717, 1.165) is 34.2 Å². The Hall–Kier alpha value is -3.54. The Morgan fingerprint density at radius 2 is 1.52 bits per heavy atom. The van der Waals surface area contributed by atoms with Crippen molar-refractivity contribution in [2.24, 2.45) is 0 Å². The van der Waals surface area contributed by atoms with Crippen LogP contribution in [0.2, 0.25) is 0 Å². The quantitative estimate of drug-likeness (QED) is 0.364. The zero-order chi connectivity index (χ0) is 22.2. The number of rotatable bonds is 3. The van der Waals surface area contributed by atoms with Crippen molar-refractivity contribution in [1.29, 1.82) is 0 Å². The number of aromatic nitrogens is 1. The van der Waals surface area contributed by atoms with Crippen LogP contribution in [0.15, 0.2) is 79.0 Å². The number of alkyl halides is 3. The van der Waals surface area contributed by atoms with Gasteiger partial charge >= 0.3 is 12.2 Å². The van der Waals surface area contributed by atoms with E-state index in [1.54, 1.807) is 6.20 Å². The molecule has 0 radical (unpaired) electrons. The Balaban J connectivity index is 1.73. The Bertz CT molecular complexity index is 1240. The Kier molecular flexibility index (Phi) is 5.31. The van der Waals surface area contributed by atoms with Crippen molar-refractivity contribution in [2.75, 3.05) is 5.32 Å². The monoisotopic (exact) mass is 422 g/mol. The molecule has 0 fully saturated rings. The van der Waals surface area contributed by atoms with Gasteiger partial charge in [0.1, 0.15) is 0 Å². The van der Waals surface area contributed by atoms with E-state index < -0.39 is 17.8 Å². The van der Waals surface area contributed by atoms with E-state index in [-0.39, 0.29) is 0 Å². The maximum absolute atomic E-state index is 13.0. The highest BCUT2D eigenvalue weighted by Gasteiger charge is 2.30. The van der Waals surface area contributed by atoms with Gasteiger partial charge in [-0.2, -0.15) is 13.2 Å². The first-order valence-electron chi connectivity index (χ1n) is 9.93. The minimum Gasteiger partial charge on any atom is -0.307 e. The van der Waals surface area contributed by atoms with Crippen LogP contribution in [0.1, 0.15) is 30.9 Å². The van der Waals surface area contributed by atoms with E-state index in [1.165, 1.54) is 22.3 Å². The molecule has 0 saturated heterocycles. The summed E-state index contributed by atoms with van der Waals surface area (Å²) >= 11 is 0. The third-order valence-electron chi connectivity index (χ3n) is 5.27. The molecule has 31 heavy (non-hydrogen) atoms. The molecule has 6 heteroatoms. The lowest BCUT2D eigenvalue weighted by Crippen LogP contribution is -2.18. The fourth-order valence-electron chi connectivity index (χ4n) is 3.73.